The van der Waals surface area contributed by atoms with Crippen molar-refractivity contribution in [3.05, 3.63) is 71.5 Å². The van der Waals surface area contributed by atoms with Crippen molar-refractivity contribution in [1.82, 2.24) is 10.6 Å². The van der Waals surface area contributed by atoms with Crippen LogP contribution >= 0.6 is 24.0 Å². The van der Waals surface area contributed by atoms with Crippen LogP contribution in [-0.4, -0.2) is 37.3 Å². The van der Waals surface area contributed by atoms with Crippen LogP contribution in [0.5, 0.6) is 0 Å². The van der Waals surface area contributed by atoms with E-state index in [0.717, 1.165) is 5.56 Å². The van der Waals surface area contributed by atoms with Gasteiger partial charge in [0, 0.05) is 13.1 Å². The zero-order valence-electron chi connectivity index (χ0n) is 15.4. The highest BCUT2D eigenvalue weighted by atomic mass is 127. The number of nitrogens with zero attached hydrogens (tertiary/aromatic N) is 1. The quantitative estimate of drug-likeness (QED) is 0.220. The molecule has 0 radical (unpaired) electrons. The molecule has 2 aromatic rings. The zero-order chi connectivity index (χ0) is 18.6. The van der Waals surface area contributed by atoms with Gasteiger partial charge in [-0.05, 0) is 30.2 Å². The minimum Gasteiger partial charge on any atom is -0.386 e. The van der Waals surface area contributed by atoms with E-state index < -0.39 is 6.10 Å². The monoisotopic (exact) mass is 487 g/mol. The lowest BCUT2D eigenvalue weighted by Crippen LogP contribution is -2.39. The molecule has 0 aliphatic heterocycles. The van der Waals surface area contributed by atoms with Gasteiger partial charge in [0.25, 0.3) is 0 Å². The van der Waals surface area contributed by atoms with Crippen molar-refractivity contribution in [2.75, 3.05) is 26.2 Å². The fourth-order valence-electron chi connectivity index (χ4n) is 2.32. The number of hydrogen-bond acceptors (Lipinski definition) is 3. The Morgan fingerprint density at radius 3 is 2.48 bits per heavy atom. The average molecular weight is 487 g/mol. The van der Waals surface area contributed by atoms with Crippen molar-refractivity contribution in [3.63, 3.8) is 0 Å². The highest BCUT2D eigenvalue weighted by Crippen LogP contribution is 2.13. The van der Waals surface area contributed by atoms with E-state index >= 15 is 0 Å². The summed E-state index contributed by atoms with van der Waals surface area (Å²) in [5.74, 6) is 0.284. The van der Waals surface area contributed by atoms with Crippen LogP contribution in [0.4, 0.5) is 4.39 Å². The standard InChI is InChI=1S/C20H26FN3O2.HI/c1-2-22-20(23-12-13-26-15-16-6-4-3-5-7-16)24-14-19(25)17-8-10-18(21)11-9-17;/h3-11,19,25H,2,12-15H2,1H3,(H2,22,23,24);1H. The Kier molecular flexibility index (Phi) is 11.6. The number of rotatable bonds is 9. The van der Waals surface area contributed by atoms with Crippen molar-refractivity contribution >= 4 is 29.9 Å². The van der Waals surface area contributed by atoms with Crippen molar-refractivity contribution in [2.24, 2.45) is 4.99 Å². The first-order valence-corrected chi connectivity index (χ1v) is 8.76. The molecule has 1 unspecified atom stereocenters. The summed E-state index contributed by atoms with van der Waals surface area (Å²) in [6.45, 7) is 4.58. The first-order valence-electron chi connectivity index (χ1n) is 8.76. The fourth-order valence-corrected chi connectivity index (χ4v) is 2.32. The summed E-state index contributed by atoms with van der Waals surface area (Å²) in [6, 6.07) is 15.8. The van der Waals surface area contributed by atoms with E-state index in [9.17, 15) is 9.50 Å². The summed E-state index contributed by atoms with van der Waals surface area (Å²) in [5, 5.41) is 16.4. The Morgan fingerprint density at radius 1 is 1.11 bits per heavy atom. The molecule has 0 spiro atoms. The van der Waals surface area contributed by atoms with E-state index in [1.54, 1.807) is 12.1 Å². The predicted octanol–water partition coefficient (Wildman–Crippen LogP) is 3.25. The Balaban J connectivity index is 0.00000364. The number of guanidine groups is 1. The van der Waals surface area contributed by atoms with Crippen molar-refractivity contribution in [1.29, 1.82) is 0 Å². The van der Waals surface area contributed by atoms with Gasteiger partial charge in [-0.15, -0.1) is 24.0 Å². The second-order valence-electron chi connectivity index (χ2n) is 5.75. The van der Waals surface area contributed by atoms with Gasteiger partial charge in [-0.3, -0.25) is 4.99 Å². The average Bonchev–Trinajstić information content (AvgIpc) is 2.67. The SMILES string of the molecule is CCNC(=NCC(O)c1ccc(F)cc1)NCCOCc1ccccc1.I. The third kappa shape index (κ3) is 9.16. The highest BCUT2D eigenvalue weighted by molar-refractivity contribution is 14.0. The Bertz CT molecular complexity index is 669. The number of nitrogens with one attached hydrogen (secondary N) is 2. The molecule has 0 bridgehead atoms. The zero-order valence-corrected chi connectivity index (χ0v) is 17.7. The number of aliphatic hydroxyl groups is 1. The third-order valence-electron chi connectivity index (χ3n) is 3.67. The maximum absolute atomic E-state index is 12.9. The summed E-state index contributed by atoms with van der Waals surface area (Å²) in [4.78, 5) is 4.36. The topological polar surface area (TPSA) is 65.9 Å². The van der Waals surface area contributed by atoms with Gasteiger partial charge >= 0.3 is 0 Å². The molecule has 27 heavy (non-hydrogen) atoms. The second kappa shape index (κ2) is 13.5. The molecule has 3 N–H and O–H groups in total. The van der Waals surface area contributed by atoms with Gasteiger partial charge in [-0.25, -0.2) is 4.39 Å². The first kappa shape index (κ1) is 23.3. The van der Waals surface area contributed by atoms with Gasteiger partial charge < -0.3 is 20.5 Å². The van der Waals surface area contributed by atoms with Crippen molar-refractivity contribution < 1.29 is 14.2 Å². The van der Waals surface area contributed by atoms with Crippen LogP contribution in [0.1, 0.15) is 24.2 Å². The normalized spacial score (nSPS) is 12.2. The molecule has 2 rings (SSSR count). The number of benzene rings is 2. The van der Waals surface area contributed by atoms with Crippen LogP contribution in [0.3, 0.4) is 0 Å². The van der Waals surface area contributed by atoms with Gasteiger partial charge in [-0.2, -0.15) is 0 Å². The Labute approximate surface area is 177 Å². The maximum atomic E-state index is 12.9. The number of aliphatic imine (C=N–C) groups is 1. The molecular formula is C20H27FIN3O2. The molecule has 7 heteroatoms. The van der Waals surface area contributed by atoms with Crippen LogP contribution in [0.15, 0.2) is 59.6 Å². The van der Waals surface area contributed by atoms with E-state index in [0.29, 0.717) is 37.8 Å². The molecule has 0 heterocycles. The second-order valence-corrected chi connectivity index (χ2v) is 5.75. The summed E-state index contributed by atoms with van der Waals surface area (Å²) >= 11 is 0. The van der Waals surface area contributed by atoms with E-state index in [2.05, 4.69) is 15.6 Å². The smallest absolute Gasteiger partial charge is 0.191 e. The van der Waals surface area contributed by atoms with Gasteiger partial charge in [0.05, 0.1) is 25.9 Å². The van der Waals surface area contributed by atoms with E-state index in [4.69, 9.17) is 4.74 Å². The first-order chi connectivity index (χ1) is 12.7. The molecule has 0 saturated carbocycles. The van der Waals surface area contributed by atoms with Crippen LogP contribution in [0.25, 0.3) is 0 Å². The van der Waals surface area contributed by atoms with E-state index in [-0.39, 0.29) is 36.3 Å². The van der Waals surface area contributed by atoms with Crippen LogP contribution < -0.4 is 10.6 Å². The number of aliphatic hydroxyl groups excluding tert-OH is 1. The number of halogens is 2. The van der Waals surface area contributed by atoms with Gasteiger partial charge in [0.2, 0.25) is 0 Å². The molecule has 0 amide bonds. The predicted molar refractivity (Wildman–Crippen MR) is 117 cm³/mol. The molecule has 148 valence electrons. The summed E-state index contributed by atoms with van der Waals surface area (Å²) in [7, 11) is 0. The molecule has 0 aliphatic rings. The van der Waals surface area contributed by atoms with Crippen LogP contribution in [0.2, 0.25) is 0 Å². The number of ether oxygens (including phenoxy) is 1. The van der Waals surface area contributed by atoms with Gasteiger partial charge in [0.15, 0.2) is 5.96 Å². The molecule has 2 aromatic carbocycles. The van der Waals surface area contributed by atoms with Gasteiger partial charge in [-0.1, -0.05) is 42.5 Å². The molecule has 0 saturated heterocycles. The largest absolute Gasteiger partial charge is 0.386 e. The highest BCUT2D eigenvalue weighted by Gasteiger charge is 2.07. The van der Waals surface area contributed by atoms with Crippen molar-refractivity contribution in [3.8, 4) is 0 Å². The molecular weight excluding hydrogens is 460 g/mol. The third-order valence-corrected chi connectivity index (χ3v) is 3.67. The molecule has 0 fully saturated rings. The number of hydrogen-bond donors (Lipinski definition) is 3. The van der Waals surface area contributed by atoms with Crippen LogP contribution in [-0.2, 0) is 11.3 Å². The van der Waals surface area contributed by atoms with E-state index in [1.807, 2.05) is 37.3 Å². The minimum absolute atomic E-state index is 0. The fraction of sp³-hybridized carbons (Fsp3) is 0.350. The summed E-state index contributed by atoms with van der Waals surface area (Å²) in [5.41, 5.74) is 1.77. The lowest BCUT2D eigenvalue weighted by molar-refractivity contribution is 0.125. The molecule has 0 aliphatic carbocycles. The van der Waals surface area contributed by atoms with E-state index in [1.165, 1.54) is 12.1 Å². The minimum atomic E-state index is -0.777. The molecule has 0 aromatic heterocycles. The Morgan fingerprint density at radius 2 is 1.81 bits per heavy atom. The van der Waals surface area contributed by atoms with Crippen molar-refractivity contribution in [2.45, 2.75) is 19.6 Å². The molecule has 5 nitrogen and oxygen atoms in total. The molecule has 1 atom stereocenters. The lowest BCUT2D eigenvalue weighted by atomic mass is 10.1. The maximum Gasteiger partial charge on any atom is 0.191 e. The lowest BCUT2D eigenvalue weighted by Gasteiger charge is -2.13. The summed E-state index contributed by atoms with van der Waals surface area (Å²) < 4.78 is 18.6. The van der Waals surface area contributed by atoms with Crippen LogP contribution in [0, 0.1) is 5.82 Å². The summed E-state index contributed by atoms with van der Waals surface area (Å²) in [6.07, 6.45) is -0.777. The Hall–Kier alpha value is -1.71. The van der Waals surface area contributed by atoms with Gasteiger partial charge in [0.1, 0.15) is 5.82 Å².